The second-order valence-electron chi connectivity index (χ2n) is 18.0. The van der Waals surface area contributed by atoms with Crippen LogP contribution in [0.4, 0.5) is 27.2 Å². The fraction of sp³-hybridized carbons (Fsp3) is 0.426. The van der Waals surface area contributed by atoms with E-state index in [2.05, 4.69) is 35.6 Å². The second kappa shape index (κ2) is 18.5. The average Bonchev–Trinajstić information content (AvgIpc) is 4.18. The molecule has 7 heterocycles. The van der Waals surface area contributed by atoms with Crippen molar-refractivity contribution in [3.8, 4) is 39.5 Å². The quantitative estimate of drug-likeness (QED) is 0.0910. The number of ether oxygens (including phenoxy) is 3. The maximum atomic E-state index is 16.8. The predicted octanol–water partition coefficient (Wildman–Crippen LogP) is 8.73. The highest BCUT2D eigenvalue weighted by molar-refractivity contribution is 7.11. The lowest BCUT2D eigenvalue weighted by Crippen LogP contribution is -2.51. The number of aromatic amines is 2. The molecule has 0 saturated carbocycles. The highest BCUT2D eigenvalue weighted by Crippen LogP contribution is 2.49. The Labute approximate surface area is 396 Å². The fourth-order valence-corrected chi connectivity index (χ4v) is 10.3. The molecular formula is C47H50F4N10O7S. The molecule has 3 aliphatic rings. The van der Waals surface area contributed by atoms with E-state index in [4.69, 9.17) is 14.2 Å². The number of H-pyrrole nitrogens is 2. The monoisotopic (exact) mass is 974 g/mol. The van der Waals surface area contributed by atoms with Gasteiger partial charge in [-0.2, -0.15) is 13.2 Å². The topological polar surface area (TPSA) is 202 Å². The van der Waals surface area contributed by atoms with Crippen LogP contribution >= 0.6 is 11.3 Å². The molecule has 5 atom stereocenters. The van der Waals surface area contributed by atoms with Crippen LogP contribution in [0.5, 0.6) is 5.75 Å². The van der Waals surface area contributed by atoms with Gasteiger partial charge in [0.2, 0.25) is 18.0 Å². The highest BCUT2D eigenvalue weighted by atomic mass is 32.1. The minimum absolute atomic E-state index is 0.00631. The molecule has 4 aromatic heterocycles. The smallest absolute Gasteiger partial charge is 0.427 e. The summed E-state index contributed by atoms with van der Waals surface area (Å²) in [7, 11) is 2.46. The van der Waals surface area contributed by atoms with Crippen molar-refractivity contribution in [2.75, 3.05) is 27.3 Å². The zero-order chi connectivity index (χ0) is 49.1. The van der Waals surface area contributed by atoms with Gasteiger partial charge in [-0.25, -0.2) is 28.9 Å². The summed E-state index contributed by atoms with van der Waals surface area (Å²) in [5.74, 6) is -0.577. The Bertz CT molecular complexity index is 2940. The van der Waals surface area contributed by atoms with Crippen LogP contribution in [0.15, 0.2) is 55.0 Å². The number of thiazole rings is 1. The van der Waals surface area contributed by atoms with E-state index in [0.29, 0.717) is 94.4 Å². The average molecular weight is 975 g/mol. The minimum atomic E-state index is -4.66. The molecule has 9 rings (SSSR count). The van der Waals surface area contributed by atoms with Crippen LogP contribution in [0, 0.1) is 17.7 Å². The van der Waals surface area contributed by atoms with E-state index in [9.17, 15) is 32.3 Å². The number of rotatable bonds is 11. The zero-order valence-electron chi connectivity index (χ0n) is 38.4. The van der Waals surface area contributed by atoms with Gasteiger partial charge in [0.1, 0.15) is 40.2 Å². The van der Waals surface area contributed by atoms with Crippen LogP contribution in [0.25, 0.3) is 44.7 Å². The summed E-state index contributed by atoms with van der Waals surface area (Å²) in [6, 6.07) is 7.62. The Hall–Kier alpha value is -6.97. The summed E-state index contributed by atoms with van der Waals surface area (Å²) in [5, 5.41) is 5.90. The number of halogens is 4. The van der Waals surface area contributed by atoms with Crippen LogP contribution in [-0.2, 0) is 25.2 Å². The molecule has 6 aromatic rings. The number of carbonyl (C=O) groups is 4. The van der Waals surface area contributed by atoms with Crippen LogP contribution in [0.1, 0.15) is 93.2 Å². The van der Waals surface area contributed by atoms with E-state index in [0.717, 1.165) is 12.6 Å². The van der Waals surface area contributed by atoms with E-state index >= 15 is 4.39 Å². The van der Waals surface area contributed by atoms with Crippen LogP contribution < -0.4 is 15.4 Å². The molecule has 69 heavy (non-hydrogen) atoms. The molecule has 3 aliphatic heterocycles. The predicted molar refractivity (Wildman–Crippen MR) is 244 cm³/mol. The van der Waals surface area contributed by atoms with Crippen molar-refractivity contribution < 1.29 is 51.0 Å². The number of nitrogens with one attached hydrogen (secondary N) is 4. The van der Waals surface area contributed by atoms with Crippen LogP contribution in [-0.4, -0.2) is 103 Å². The number of alkyl carbamates (subject to hydrolysis) is 2. The van der Waals surface area contributed by atoms with Gasteiger partial charge in [-0.1, -0.05) is 33.8 Å². The third-order valence-electron chi connectivity index (χ3n) is 12.9. The Kier molecular flexibility index (Phi) is 12.6. The molecule has 0 radical (unpaired) electrons. The largest absolute Gasteiger partial charge is 0.462 e. The number of alkyl halides is 3. The molecule has 2 saturated heterocycles. The maximum Gasteiger partial charge on any atom is 0.427 e. The first-order chi connectivity index (χ1) is 32.9. The highest BCUT2D eigenvalue weighted by Gasteiger charge is 2.41. The summed E-state index contributed by atoms with van der Waals surface area (Å²) in [5.41, 5.74) is 3.04. The van der Waals surface area contributed by atoms with Gasteiger partial charge in [0, 0.05) is 29.6 Å². The number of likely N-dealkylation sites (tertiary alicyclic amines) is 2. The van der Waals surface area contributed by atoms with E-state index < -0.39 is 53.4 Å². The lowest BCUT2D eigenvalue weighted by molar-refractivity contribution is -0.136. The molecule has 364 valence electrons. The van der Waals surface area contributed by atoms with Gasteiger partial charge in [-0.05, 0) is 67.9 Å². The van der Waals surface area contributed by atoms with E-state index in [1.54, 1.807) is 38.8 Å². The molecule has 0 bridgehead atoms. The number of carbonyl (C=O) groups excluding carboxylic acids is 4. The lowest BCUT2D eigenvalue weighted by atomic mass is 10.0. The molecule has 2 fully saturated rings. The van der Waals surface area contributed by atoms with Crippen molar-refractivity contribution in [3.05, 3.63) is 82.3 Å². The van der Waals surface area contributed by atoms with Gasteiger partial charge < -0.3 is 44.6 Å². The fourth-order valence-electron chi connectivity index (χ4n) is 9.49. The first-order valence-corrected chi connectivity index (χ1v) is 23.4. The van der Waals surface area contributed by atoms with Gasteiger partial charge in [0.25, 0.3) is 0 Å². The number of aromatic nitrogens is 6. The number of hydrogen-bond acceptors (Lipinski definition) is 11. The Balaban J connectivity index is 1.04. The first kappa shape index (κ1) is 47.1. The summed E-state index contributed by atoms with van der Waals surface area (Å²) in [6.45, 7) is 8.22. The standard InChI is InChI=1S/C47H50F4N10O7S/c1-22(2)37(57-45(64)66-5)42(62)59-13-7-9-31(59)39-52-19-28(55-39)24-11-12-30-26(15-24)17-33-36-27(48)16-25(18-34(36)68-44(61(30)33)41-54-21-35(69-41)47(49,50)51)29-20-53-40(56-29)32-10-8-14-60(32)43(63)38(23(3)4)58-46(65)67-6/h11-12,15-23,31-32,37-38,44H,7-10,13-14H2,1-6H3,(H,52,55)(H,53,56)(H,57,64)(H,58,65)/t31-,32-,37-,38-,44?/m0/s1. The van der Waals surface area contributed by atoms with Gasteiger partial charge in [-0.15, -0.1) is 11.3 Å². The van der Waals surface area contributed by atoms with Crippen molar-refractivity contribution in [2.24, 2.45) is 11.8 Å². The molecule has 4 N–H and O–H groups in total. The van der Waals surface area contributed by atoms with Crippen LogP contribution in [0.3, 0.4) is 0 Å². The number of amides is 4. The molecule has 2 aromatic carbocycles. The van der Waals surface area contributed by atoms with Gasteiger partial charge >= 0.3 is 18.4 Å². The molecule has 17 nitrogen and oxygen atoms in total. The summed E-state index contributed by atoms with van der Waals surface area (Å²) in [6.07, 6.45) is -0.730. The number of methoxy groups -OCH3 is 2. The molecule has 0 spiro atoms. The van der Waals surface area contributed by atoms with Crippen molar-refractivity contribution in [3.63, 3.8) is 0 Å². The Morgan fingerprint density at radius 1 is 0.783 bits per heavy atom. The van der Waals surface area contributed by atoms with Crippen molar-refractivity contribution in [1.29, 1.82) is 0 Å². The normalized spacial score (nSPS) is 18.8. The van der Waals surface area contributed by atoms with Crippen LogP contribution in [0.2, 0.25) is 0 Å². The SMILES string of the molecule is COC(=O)N[C@H](C(=O)N1CCC[C@H]1c1ncc(-c2cc(F)c3c(c2)OC(c2ncc(C(F)(F)F)s2)n2c-3cc3cc(-c4cnc([C@@H]5CCCN5C(=O)[C@@H](NC(=O)OC)C(C)C)[nH]4)ccc32)[nH]1)C(C)C. The summed E-state index contributed by atoms with van der Waals surface area (Å²) >= 11 is 0.431. The van der Waals surface area contributed by atoms with Gasteiger partial charge in [-0.3, -0.25) is 14.2 Å². The number of hydrogen-bond donors (Lipinski definition) is 4. The molecule has 1 unspecified atom stereocenters. The third-order valence-corrected chi connectivity index (χ3v) is 14.0. The van der Waals surface area contributed by atoms with Gasteiger partial charge in [0.15, 0.2) is 5.01 Å². The molecule has 4 amide bonds. The molecular weight excluding hydrogens is 925 g/mol. The third kappa shape index (κ3) is 8.85. The van der Waals surface area contributed by atoms with Gasteiger partial charge in [0.05, 0.1) is 73.1 Å². The van der Waals surface area contributed by atoms with Crippen molar-refractivity contribution in [1.82, 2.24) is 49.9 Å². The van der Waals surface area contributed by atoms with Crippen molar-refractivity contribution >= 4 is 46.2 Å². The second-order valence-corrected chi connectivity index (χ2v) is 19.1. The Morgan fingerprint density at radius 3 is 1.87 bits per heavy atom. The van der Waals surface area contributed by atoms with E-state index in [1.165, 1.54) is 26.5 Å². The van der Waals surface area contributed by atoms with E-state index in [-0.39, 0.29) is 46.0 Å². The zero-order valence-corrected chi connectivity index (χ0v) is 39.3. The number of nitrogens with zero attached hydrogens (tertiary/aromatic N) is 6. The summed E-state index contributed by atoms with van der Waals surface area (Å²) < 4.78 is 76.4. The maximum absolute atomic E-state index is 16.8. The summed E-state index contributed by atoms with van der Waals surface area (Å²) in [4.78, 5) is 74.2. The first-order valence-electron chi connectivity index (χ1n) is 22.5. The number of benzene rings is 2. The van der Waals surface area contributed by atoms with Crippen molar-refractivity contribution in [2.45, 2.75) is 89.9 Å². The Morgan fingerprint density at radius 2 is 1.35 bits per heavy atom. The molecule has 0 aliphatic carbocycles. The lowest BCUT2D eigenvalue weighted by Gasteiger charge is -2.30. The molecule has 22 heteroatoms. The minimum Gasteiger partial charge on any atom is -0.462 e. The van der Waals surface area contributed by atoms with E-state index in [1.807, 2.05) is 39.8 Å². The number of fused-ring (bicyclic) bond motifs is 5. The number of imidazole rings is 2.